The summed E-state index contributed by atoms with van der Waals surface area (Å²) in [5, 5.41) is 16.3. The first kappa shape index (κ1) is 15.6. The molecule has 4 rings (SSSR count). The van der Waals surface area contributed by atoms with Crippen LogP contribution in [0, 0.1) is 0 Å². The predicted molar refractivity (Wildman–Crippen MR) is 96.3 cm³/mol. The van der Waals surface area contributed by atoms with Gasteiger partial charge in [0.1, 0.15) is 11.6 Å². The quantitative estimate of drug-likeness (QED) is 0.909. The third kappa shape index (κ3) is 2.93. The number of hydrogen-bond acceptors (Lipinski definition) is 4. The Labute approximate surface area is 143 Å². The third-order valence-corrected chi connectivity index (χ3v) is 5.25. The summed E-state index contributed by atoms with van der Waals surface area (Å²) in [6.07, 6.45) is 4.55. The van der Waals surface area contributed by atoms with Crippen molar-refractivity contribution in [1.29, 1.82) is 0 Å². The first-order valence-electron chi connectivity index (χ1n) is 9.23. The zero-order valence-electron chi connectivity index (χ0n) is 14.6. The Morgan fingerprint density at radius 3 is 2.96 bits per heavy atom. The summed E-state index contributed by atoms with van der Waals surface area (Å²) in [7, 11) is 0. The molecule has 2 aliphatic rings. The van der Waals surface area contributed by atoms with Crippen LogP contribution in [0.15, 0.2) is 24.3 Å². The van der Waals surface area contributed by atoms with Gasteiger partial charge in [-0.15, -0.1) is 10.2 Å². The summed E-state index contributed by atoms with van der Waals surface area (Å²) in [6, 6.07) is 9.65. The number of anilines is 1. The van der Waals surface area contributed by atoms with Crippen molar-refractivity contribution in [3.63, 3.8) is 0 Å². The second-order valence-electron chi connectivity index (χ2n) is 7.35. The first-order chi connectivity index (χ1) is 11.7. The molecule has 2 atom stereocenters. The molecule has 2 N–H and O–H groups in total. The van der Waals surface area contributed by atoms with Crippen LogP contribution in [-0.4, -0.2) is 27.4 Å². The van der Waals surface area contributed by atoms with Gasteiger partial charge in [-0.25, -0.2) is 0 Å². The number of fused-ring (bicyclic) bond motifs is 2. The molecule has 0 bridgehead atoms. The SMILES string of the molecule is CC(C)c1nnc2n1CC(NC1CCCNc3ccccc31)CC2. The Morgan fingerprint density at radius 1 is 1.21 bits per heavy atom. The maximum atomic E-state index is 4.40. The summed E-state index contributed by atoms with van der Waals surface area (Å²) >= 11 is 0. The number of hydrogen-bond donors (Lipinski definition) is 2. The van der Waals surface area contributed by atoms with Gasteiger partial charge in [-0.2, -0.15) is 0 Å². The number of para-hydroxylation sites is 1. The summed E-state index contributed by atoms with van der Waals surface area (Å²) in [6.45, 7) is 6.44. The van der Waals surface area contributed by atoms with Crippen LogP contribution in [0.4, 0.5) is 5.69 Å². The Balaban J connectivity index is 1.53. The van der Waals surface area contributed by atoms with E-state index in [4.69, 9.17) is 0 Å². The molecule has 1 aromatic heterocycles. The van der Waals surface area contributed by atoms with Crippen LogP contribution in [0.25, 0.3) is 0 Å². The molecule has 2 aromatic rings. The highest BCUT2D eigenvalue weighted by Gasteiger charge is 2.27. The molecular formula is C19H27N5. The standard InChI is InChI=1S/C19H27N5/c1-13(2)19-23-22-18-10-9-14(12-24(18)19)21-17-8-5-11-20-16-7-4-3-6-15(16)17/h3-4,6-7,13-14,17,20-21H,5,8-12H2,1-2H3. The van der Waals surface area contributed by atoms with E-state index in [1.807, 2.05) is 0 Å². The summed E-state index contributed by atoms with van der Waals surface area (Å²) < 4.78 is 2.34. The third-order valence-electron chi connectivity index (χ3n) is 5.25. The second-order valence-corrected chi connectivity index (χ2v) is 7.35. The molecule has 2 aliphatic heterocycles. The van der Waals surface area contributed by atoms with Crippen molar-refractivity contribution in [1.82, 2.24) is 20.1 Å². The fourth-order valence-corrected chi connectivity index (χ4v) is 4.02. The van der Waals surface area contributed by atoms with Crippen LogP contribution < -0.4 is 10.6 Å². The minimum absolute atomic E-state index is 0.424. The van der Waals surface area contributed by atoms with Gasteiger partial charge in [-0.05, 0) is 30.9 Å². The van der Waals surface area contributed by atoms with Crippen molar-refractivity contribution in [2.24, 2.45) is 0 Å². The molecule has 3 heterocycles. The van der Waals surface area contributed by atoms with E-state index in [2.05, 4.69) is 63.5 Å². The molecule has 128 valence electrons. The van der Waals surface area contributed by atoms with E-state index in [9.17, 15) is 0 Å². The molecule has 0 radical (unpaired) electrons. The molecular weight excluding hydrogens is 298 g/mol. The van der Waals surface area contributed by atoms with E-state index in [1.165, 1.54) is 24.1 Å². The molecule has 0 spiro atoms. The van der Waals surface area contributed by atoms with Crippen LogP contribution >= 0.6 is 0 Å². The van der Waals surface area contributed by atoms with E-state index < -0.39 is 0 Å². The topological polar surface area (TPSA) is 54.8 Å². The van der Waals surface area contributed by atoms with E-state index in [0.29, 0.717) is 18.0 Å². The summed E-state index contributed by atoms with van der Waals surface area (Å²) in [5.74, 6) is 2.70. The molecule has 1 aromatic carbocycles. The van der Waals surface area contributed by atoms with E-state index in [0.717, 1.165) is 37.6 Å². The number of aryl methyl sites for hydroxylation is 1. The van der Waals surface area contributed by atoms with Crippen molar-refractivity contribution in [3.05, 3.63) is 41.5 Å². The van der Waals surface area contributed by atoms with Crippen molar-refractivity contribution in [3.8, 4) is 0 Å². The predicted octanol–water partition coefficient (Wildman–Crippen LogP) is 3.25. The Bertz CT molecular complexity index is 706. The monoisotopic (exact) mass is 325 g/mol. The van der Waals surface area contributed by atoms with Crippen molar-refractivity contribution >= 4 is 5.69 Å². The number of nitrogens with one attached hydrogen (secondary N) is 2. The van der Waals surface area contributed by atoms with Gasteiger partial charge in [-0.3, -0.25) is 0 Å². The highest BCUT2D eigenvalue weighted by atomic mass is 15.3. The summed E-state index contributed by atoms with van der Waals surface area (Å²) in [4.78, 5) is 0. The van der Waals surface area contributed by atoms with E-state index in [-0.39, 0.29) is 0 Å². The van der Waals surface area contributed by atoms with Gasteiger partial charge in [0, 0.05) is 43.2 Å². The molecule has 0 fully saturated rings. The molecule has 0 saturated heterocycles. The average molecular weight is 325 g/mol. The fraction of sp³-hybridized carbons (Fsp3) is 0.579. The minimum atomic E-state index is 0.424. The van der Waals surface area contributed by atoms with E-state index in [1.54, 1.807) is 0 Å². The van der Waals surface area contributed by atoms with Crippen LogP contribution in [0.3, 0.4) is 0 Å². The van der Waals surface area contributed by atoms with Crippen molar-refractivity contribution in [2.75, 3.05) is 11.9 Å². The van der Waals surface area contributed by atoms with Gasteiger partial charge in [0.05, 0.1) is 0 Å². The highest BCUT2D eigenvalue weighted by Crippen LogP contribution is 2.30. The molecule has 5 heteroatoms. The van der Waals surface area contributed by atoms with Crippen LogP contribution in [0.5, 0.6) is 0 Å². The first-order valence-corrected chi connectivity index (χ1v) is 9.23. The van der Waals surface area contributed by atoms with Gasteiger partial charge in [-0.1, -0.05) is 32.0 Å². The smallest absolute Gasteiger partial charge is 0.135 e. The maximum Gasteiger partial charge on any atom is 0.135 e. The fourth-order valence-electron chi connectivity index (χ4n) is 4.02. The Morgan fingerprint density at radius 2 is 2.08 bits per heavy atom. The normalized spacial score (nSPS) is 23.3. The lowest BCUT2D eigenvalue weighted by atomic mass is 9.98. The lowest BCUT2D eigenvalue weighted by molar-refractivity contribution is 0.329. The zero-order valence-corrected chi connectivity index (χ0v) is 14.6. The lowest BCUT2D eigenvalue weighted by Crippen LogP contribution is -2.40. The van der Waals surface area contributed by atoms with Gasteiger partial charge in [0.15, 0.2) is 0 Å². The number of nitrogens with zero attached hydrogens (tertiary/aromatic N) is 3. The molecule has 5 nitrogen and oxygen atoms in total. The average Bonchev–Trinajstić information content (AvgIpc) is 2.91. The van der Waals surface area contributed by atoms with E-state index >= 15 is 0 Å². The van der Waals surface area contributed by atoms with Gasteiger partial charge in [0.2, 0.25) is 0 Å². The van der Waals surface area contributed by atoms with Gasteiger partial charge in [0.25, 0.3) is 0 Å². The molecule has 0 saturated carbocycles. The second kappa shape index (κ2) is 6.55. The maximum absolute atomic E-state index is 4.40. The summed E-state index contributed by atoms with van der Waals surface area (Å²) in [5.41, 5.74) is 2.70. The zero-order chi connectivity index (χ0) is 16.5. The van der Waals surface area contributed by atoms with Gasteiger partial charge < -0.3 is 15.2 Å². The lowest BCUT2D eigenvalue weighted by Gasteiger charge is -2.30. The largest absolute Gasteiger partial charge is 0.385 e. The Hall–Kier alpha value is -1.88. The number of rotatable bonds is 3. The van der Waals surface area contributed by atoms with Crippen molar-refractivity contribution in [2.45, 2.75) is 64.1 Å². The minimum Gasteiger partial charge on any atom is -0.385 e. The molecule has 2 unspecified atom stereocenters. The highest BCUT2D eigenvalue weighted by molar-refractivity contribution is 5.53. The molecule has 24 heavy (non-hydrogen) atoms. The van der Waals surface area contributed by atoms with Crippen LogP contribution in [0.2, 0.25) is 0 Å². The van der Waals surface area contributed by atoms with Crippen LogP contribution in [-0.2, 0) is 13.0 Å². The van der Waals surface area contributed by atoms with Gasteiger partial charge >= 0.3 is 0 Å². The number of benzene rings is 1. The molecule has 0 aliphatic carbocycles. The Kier molecular flexibility index (Phi) is 4.27. The molecule has 0 amide bonds. The van der Waals surface area contributed by atoms with Crippen LogP contribution in [0.1, 0.15) is 62.3 Å². The van der Waals surface area contributed by atoms with Crippen molar-refractivity contribution < 1.29 is 0 Å². The number of aromatic nitrogens is 3.